The third-order valence-electron chi connectivity index (χ3n) is 4.94. The first kappa shape index (κ1) is 26.4. The van der Waals surface area contributed by atoms with Crippen molar-refractivity contribution >= 4 is 11.9 Å². The van der Waals surface area contributed by atoms with Crippen LogP contribution in [0.4, 0.5) is 0 Å². The van der Waals surface area contributed by atoms with Crippen LogP contribution in [0.2, 0.25) is 0 Å². The van der Waals surface area contributed by atoms with E-state index in [9.17, 15) is 14.7 Å². The Kier molecular flexibility index (Phi) is 19.0. The quantitative estimate of drug-likeness (QED) is 0.139. The van der Waals surface area contributed by atoms with Crippen molar-refractivity contribution in [1.82, 2.24) is 0 Å². The monoisotopic (exact) mass is 394 g/mol. The number of hydrogen-bond donors (Lipinski definition) is 1. The fourth-order valence-corrected chi connectivity index (χ4v) is 3.19. The molecule has 1 unspecified atom stereocenters. The number of hydrogen-bond acceptors (Lipinski definition) is 3. The number of carbonyl (C=O) groups is 2. The van der Waals surface area contributed by atoms with E-state index in [4.69, 9.17) is 4.74 Å². The second-order valence-corrected chi connectivity index (χ2v) is 7.58. The maximum Gasteiger partial charge on any atom is 0.307 e. The number of allylic oxidation sites excluding steroid dienone is 2. The minimum Gasteiger partial charge on any atom is -0.481 e. The van der Waals surface area contributed by atoms with E-state index in [1.54, 1.807) is 0 Å². The Morgan fingerprint density at radius 2 is 1.43 bits per heavy atom. The van der Waals surface area contributed by atoms with E-state index >= 15 is 0 Å². The van der Waals surface area contributed by atoms with E-state index in [0.29, 0.717) is 6.42 Å². The molecule has 0 aliphatic rings. The predicted octanol–water partition coefficient (Wildman–Crippen LogP) is 6.84. The fourth-order valence-electron chi connectivity index (χ4n) is 3.19. The lowest BCUT2D eigenvalue weighted by Gasteiger charge is -2.10. The number of carboxylic acids is 1. The highest BCUT2D eigenvalue weighted by Crippen LogP contribution is 2.15. The van der Waals surface area contributed by atoms with Crippen LogP contribution in [-0.2, 0) is 14.3 Å². The summed E-state index contributed by atoms with van der Waals surface area (Å²) in [5.41, 5.74) is 0. The number of carbonyl (C=O) groups excluding carboxylic acids is 1. The van der Waals surface area contributed by atoms with Gasteiger partial charge in [0.2, 0.25) is 0 Å². The van der Waals surface area contributed by atoms with Gasteiger partial charge < -0.3 is 9.84 Å². The largest absolute Gasteiger partial charge is 0.481 e. The molecule has 0 rings (SSSR count). The number of ether oxygens (including phenoxy) is 1. The summed E-state index contributed by atoms with van der Waals surface area (Å²) < 4.78 is 4.87. The van der Waals surface area contributed by atoms with E-state index in [1.807, 2.05) is 0 Å². The Morgan fingerprint density at radius 3 is 1.96 bits per heavy atom. The van der Waals surface area contributed by atoms with E-state index in [2.05, 4.69) is 25.7 Å². The average Bonchev–Trinajstić information content (AvgIpc) is 2.68. The van der Waals surface area contributed by atoms with Crippen LogP contribution in [-0.4, -0.2) is 23.7 Å². The molecule has 0 aliphatic carbocycles. The van der Waals surface area contributed by atoms with Gasteiger partial charge in [-0.15, -0.1) is 0 Å². The minimum absolute atomic E-state index is 0.0640. The highest BCUT2D eigenvalue weighted by Gasteiger charge is 2.21. The second kappa shape index (κ2) is 20.2. The van der Waals surface area contributed by atoms with Crippen molar-refractivity contribution < 1.29 is 19.4 Å². The molecule has 0 bridgehead atoms. The molecule has 0 aliphatic heterocycles. The molecule has 0 amide bonds. The van der Waals surface area contributed by atoms with Crippen LogP contribution < -0.4 is 0 Å². The van der Waals surface area contributed by atoms with Crippen molar-refractivity contribution in [2.45, 2.75) is 103 Å². The molecule has 0 aromatic heterocycles. The van der Waals surface area contributed by atoms with Crippen LogP contribution in [0.1, 0.15) is 103 Å². The molecule has 0 aromatic carbocycles. The van der Waals surface area contributed by atoms with Gasteiger partial charge >= 0.3 is 11.9 Å². The molecule has 1 atom stereocenters. The summed E-state index contributed by atoms with van der Waals surface area (Å²) in [6.07, 6.45) is 22.5. The third-order valence-corrected chi connectivity index (χ3v) is 4.94. The molecule has 162 valence electrons. The number of unbranched alkanes of at least 4 members (excludes halogenated alkanes) is 11. The van der Waals surface area contributed by atoms with Gasteiger partial charge in [-0.1, -0.05) is 89.5 Å². The van der Waals surface area contributed by atoms with E-state index in [1.165, 1.54) is 70.3 Å². The molecule has 0 fully saturated rings. The summed E-state index contributed by atoms with van der Waals surface area (Å²) in [4.78, 5) is 22.8. The van der Waals surface area contributed by atoms with Gasteiger partial charge in [0.15, 0.2) is 0 Å². The van der Waals surface area contributed by atoms with E-state index in [0.717, 1.165) is 19.3 Å². The van der Waals surface area contributed by atoms with Crippen LogP contribution in [0.15, 0.2) is 24.8 Å². The molecular formula is C24H42O4. The normalized spacial score (nSPS) is 12.2. The number of carboxylic acid groups (broad SMARTS) is 1. The average molecular weight is 395 g/mol. The summed E-state index contributed by atoms with van der Waals surface area (Å²) in [6.45, 7) is 5.86. The smallest absolute Gasteiger partial charge is 0.307 e. The topological polar surface area (TPSA) is 63.6 Å². The minimum atomic E-state index is -0.926. The molecular weight excluding hydrogens is 352 g/mol. The molecule has 28 heavy (non-hydrogen) atoms. The van der Waals surface area contributed by atoms with Crippen molar-refractivity contribution in [3.8, 4) is 0 Å². The van der Waals surface area contributed by atoms with Gasteiger partial charge in [0.05, 0.1) is 12.3 Å². The molecule has 0 spiro atoms. The van der Waals surface area contributed by atoms with Gasteiger partial charge in [-0.05, 0) is 32.1 Å². The number of esters is 1. The first-order valence-electron chi connectivity index (χ1n) is 11.3. The molecule has 0 saturated heterocycles. The van der Waals surface area contributed by atoms with Crippen molar-refractivity contribution in [3.63, 3.8) is 0 Å². The molecule has 0 saturated carbocycles. The van der Waals surface area contributed by atoms with Crippen molar-refractivity contribution in [2.24, 2.45) is 5.92 Å². The zero-order chi connectivity index (χ0) is 20.9. The molecule has 0 heterocycles. The summed E-state index contributed by atoms with van der Waals surface area (Å²) in [5.74, 6) is -2.05. The van der Waals surface area contributed by atoms with Crippen LogP contribution in [0.5, 0.6) is 0 Å². The van der Waals surface area contributed by atoms with E-state index in [-0.39, 0.29) is 13.0 Å². The molecule has 0 radical (unpaired) electrons. The number of aliphatic carboxylic acids is 1. The zero-order valence-electron chi connectivity index (χ0n) is 18.0. The van der Waals surface area contributed by atoms with Crippen LogP contribution >= 0.6 is 0 Å². The first-order valence-corrected chi connectivity index (χ1v) is 11.3. The van der Waals surface area contributed by atoms with Gasteiger partial charge in [-0.3, -0.25) is 9.59 Å². The van der Waals surface area contributed by atoms with Crippen LogP contribution in [0.25, 0.3) is 0 Å². The maximum absolute atomic E-state index is 11.5. The maximum atomic E-state index is 11.5. The zero-order valence-corrected chi connectivity index (χ0v) is 18.0. The molecule has 4 nitrogen and oxygen atoms in total. The second-order valence-electron chi connectivity index (χ2n) is 7.58. The van der Waals surface area contributed by atoms with Crippen LogP contribution in [0.3, 0.4) is 0 Å². The van der Waals surface area contributed by atoms with Gasteiger partial charge in [-0.2, -0.15) is 0 Å². The Bertz CT molecular complexity index is 428. The van der Waals surface area contributed by atoms with Crippen molar-refractivity contribution in [3.05, 3.63) is 24.8 Å². The van der Waals surface area contributed by atoms with Gasteiger partial charge in [-0.25, -0.2) is 0 Å². The van der Waals surface area contributed by atoms with Gasteiger partial charge in [0.25, 0.3) is 0 Å². The Labute approximate surface area is 172 Å². The Morgan fingerprint density at radius 1 is 0.893 bits per heavy atom. The summed E-state index contributed by atoms with van der Waals surface area (Å²) >= 11 is 0. The summed E-state index contributed by atoms with van der Waals surface area (Å²) in [7, 11) is 0. The SMILES string of the molecule is C=CCOC(=O)CC(CCC/C=C/CCCCCCCCCCCC)C(=O)O. The lowest BCUT2D eigenvalue weighted by Crippen LogP contribution is -2.19. The fraction of sp³-hybridized carbons (Fsp3) is 0.750. The Balaban J connectivity index is 3.57. The third kappa shape index (κ3) is 17.8. The van der Waals surface area contributed by atoms with E-state index < -0.39 is 17.9 Å². The predicted molar refractivity (Wildman–Crippen MR) is 116 cm³/mol. The van der Waals surface area contributed by atoms with Crippen molar-refractivity contribution in [2.75, 3.05) is 6.61 Å². The van der Waals surface area contributed by atoms with Gasteiger partial charge in [0.1, 0.15) is 6.61 Å². The van der Waals surface area contributed by atoms with Crippen LogP contribution in [0, 0.1) is 5.92 Å². The number of rotatable bonds is 20. The lowest BCUT2D eigenvalue weighted by molar-refractivity contribution is -0.151. The first-order chi connectivity index (χ1) is 13.6. The molecule has 1 N–H and O–H groups in total. The summed E-state index contributed by atoms with van der Waals surface area (Å²) in [6, 6.07) is 0. The van der Waals surface area contributed by atoms with Crippen molar-refractivity contribution in [1.29, 1.82) is 0 Å². The molecule has 4 heteroatoms. The van der Waals surface area contributed by atoms with Gasteiger partial charge in [0, 0.05) is 0 Å². The highest BCUT2D eigenvalue weighted by molar-refractivity contribution is 5.78. The summed E-state index contributed by atoms with van der Waals surface area (Å²) in [5, 5.41) is 9.22. The standard InChI is InChI=1S/C24H42O4/c1-3-5-6-7-8-9-10-11-12-13-14-15-16-17-18-19-22(24(26)27)21-23(25)28-20-4-2/h4,15-16,22H,2-3,5-14,17-21H2,1H3,(H,26,27)/b16-15+. The molecule has 0 aromatic rings. The highest BCUT2D eigenvalue weighted by atomic mass is 16.5. The lowest BCUT2D eigenvalue weighted by atomic mass is 9.98. The Hall–Kier alpha value is -1.58.